The molecule has 0 atom stereocenters. The smallest absolute Gasteiger partial charge is 0.120 e. The molecule has 0 aliphatic carbocycles. The summed E-state index contributed by atoms with van der Waals surface area (Å²) < 4.78 is 6.12. The normalized spacial score (nSPS) is 13.3. The number of anilines is 2. The van der Waals surface area contributed by atoms with Crippen LogP contribution in [0.2, 0.25) is 0 Å². The zero-order valence-corrected chi connectivity index (χ0v) is 16.9. The Bertz CT molecular complexity index is 932. The Morgan fingerprint density at radius 1 is 0.964 bits per heavy atom. The fourth-order valence-corrected chi connectivity index (χ4v) is 4.06. The van der Waals surface area contributed by atoms with Gasteiger partial charge in [-0.3, -0.25) is 0 Å². The van der Waals surface area contributed by atoms with Crippen LogP contribution in [0.3, 0.4) is 0 Å². The number of aryl methyl sites for hydroxylation is 3. The Morgan fingerprint density at radius 2 is 1.82 bits per heavy atom. The highest BCUT2D eigenvalue weighted by molar-refractivity contribution is 5.68. The Balaban J connectivity index is 1.52. The van der Waals surface area contributed by atoms with Gasteiger partial charge in [0.05, 0.1) is 0 Å². The SMILES string of the molecule is CCCc1ccc(OCc2ccc3c(c2)N(c2ccccc2)CCC3)cc1C. The van der Waals surface area contributed by atoms with Crippen molar-refractivity contribution in [3.05, 3.63) is 89.0 Å². The molecular formula is C26H29NO. The van der Waals surface area contributed by atoms with Crippen LogP contribution >= 0.6 is 0 Å². The Morgan fingerprint density at radius 3 is 2.61 bits per heavy atom. The number of hydrogen-bond donors (Lipinski definition) is 0. The summed E-state index contributed by atoms with van der Waals surface area (Å²) in [6.45, 7) is 6.06. The van der Waals surface area contributed by atoms with Crippen LogP contribution in [-0.4, -0.2) is 6.54 Å². The number of nitrogens with zero attached hydrogens (tertiary/aromatic N) is 1. The summed E-state index contributed by atoms with van der Waals surface area (Å²) in [7, 11) is 0. The molecule has 0 amide bonds. The summed E-state index contributed by atoms with van der Waals surface area (Å²) in [5.74, 6) is 0.954. The Labute approximate surface area is 168 Å². The minimum Gasteiger partial charge on any atom is -0.489 e. The van der Waals surface area contributed by atoms with E-state index in [1.54, 1.807) is 0 Å². The summed E-state index contributed by atoms with van der Waals surface area (Å²) >= 11 is 0. The van der Waals surface area contributed by atoms with Gasteiger partial charge in [0.15, 0.2) is 0 Å². The molecular weight excluding hydrogens is 342 g/mol. The average Bonchev–Trinajstić information content (AvgIpc) is 2.74. The van der Waals surface area contributed by atoms with Crippen molar-refractivity contribution in [2.45, 2.75) is 46.1 Å². The third-order valence-corrected chi connectivity index (χ3v) is 5.58. The number of hydrogen-bond acceptors (Lipinski definition) is 2. The van der Waals surface area contributed by atoms with Gasteiger partial charge in [0, 0.05) is 17.9 Å². The molecule has 1 aliphatic rings. The predicted octanol–water partition coefficient (Wildman–Crippen LogP) is 6.61. The van der Waals surface area contributed by atoms with E-state index in [-0.39, 0.29) is 0 Å². The number of benzene rings is 3. The van der Waals surface area contributed by atoms with Gasteiger partial charge in [0.1, 0.15) is 12.4 Å². The molecule has 2 nitrogen and oxygen atoms in total. The lowest BCUT2D eigenvalue weighted by molar-refractivity contribution is 0.306. The molecule has 144 valence electrons. The van der Waals surface area contributed by atoms with Crippen LogP contribution in [0.4, 0.5) is 11.4 Å². The quantitative estimate of drug-likeness (QED) is 0.483. The van der Waals surface area contributed by atoms with Gasteiger partial charge in [-0.15, -0.1) is 0 Å². The number of fused-ring (bicyclic) bond motifs is 1. The van der Waals surface area contributed by atoms with Crippen molar-refractivity contribution in [3.63, 3.8) is 0 Å². The Hall–Kier alpha value is -2.74. The molecule has 0 saturated heterocycles. The highest BCUT2D eigenvalue weighted by Gasteiger charge is 2.18. The minimum atomic E-state index is 0.600. The molecule has 0 radical (unpaired) electrons. The second kappa shape index (κ2) is 8.52. The van der Waals surface area contributed by atoms with Gasteiger partial charge >= 0.3 is 0 Å². The van der Waals surface area contributed by atoms with Crippen LogP contribution in [-0.2, 0) is 19.4 Å². The van der Waals surface area contributed by atoms with Gasteiger partial charge in [-0.25, -0.2) is 0 Å². The van der Waals surface area contributed by atoms with Crippen molar-refractivity contribution in [1.29, 1.82) is 0 Å². The van der Waals surface area contributed by atoms with E-state index in [4.69, 9.17) is 4.74 Å². The van der Waals surface area contributed by atoms with Crippen LogP contribution in [0.15, 0.2) is 66.7 Å². The Kier molecular flexibility index (Phi) is 5.66. The predicted molar refractivity (Wildman–Crippen MR) is 118 cm³/mol. The number of rotatable bonds is 6. The van der Waals surface area contributed by atoms with Crippen molar-refractivity contribution in [1.82, 2.24) is 0 Å². The molecule has 1 heterocycles. The molecule has 0 bridgehead atoms. The van der Waals surface area contributed by atoms with Crippen LogP contribution in [0.5, 0.6) is 5.75 Å². The number of ether oxygens (including phenoxy) is 1. The van der Waals surface area contributed by atoms with Gasteiger partial charge in [-0.2, -0.15) is 0 Å². The highest BCUT2D eigenvalue weighted by Crippen LogP contribution is 2.34. The standard InChI is InChI=1S/C26H29NO/c1-3-8-22-14-15-25(17-20(22)2)28-19-21-12-13-23-9-7-16-27(26(23)18-21)24-10-5-4-6-11-24/h4-6,10-15,17-18H,3,7-9,16,19H2,1-2H3. The minimum absolute atomic E-state index is 0.600. The van der Waals surface area contributed by atoms with Gasteiger partial charge < -0.3 is 9.64 Å². The molecule has 0 spiro atoms. The first-order valence-corrected chi connectivity index (χ1v) is 10.4. The molecule has 4 rings (SSSR count). The highest BCUT2D eigenvalue weighted by atomic mass is 16.5. The van der Waals surface area contributed by atoms with Crippen molar-refractivity contribution in [3.8, 4) is 5.75 Å². The first-order valence-electron chi connectivity index (χ1n) is 10.4. The van der Waals surface area contributed by atoms with E-state index < -0.39 is 0 Å². The second-order valence-electron chi connectivity index (χ2n) is 7.68. The topological polar surface area (TPSA) is 12.5 Å². The molecule has 28 heavy (non-hydrogen) atoms. The van der Waals surface area contributed by atoms with Gasteiger partial charge in [0.25, 0.3) is 0 Å². The molecule has 0 aromatic heterocycles. The lowest BCUT2D eigenvalue weighted by atomic mass is 9.99. The molecule has 1 aliphatic heterocycles. The van der Waals surface area contributed by atoms with Crippen LogP contribution < -0.4 is 9.64 Å². The maximum atomic E-state index is 6.12. The summed E-state index contributed by atoms with van der Waals surface area (Å²) in [5.41, 5.74) is 7.98. The van der Waals surface area contributed by atoms with Crippen molar-refractivity contribution < 1.29 is 4.74 Å². The molecule has 3 aromatic rings. The largest absolute Gasteiger partial charge is 0.489 e. The fraction of sp³-hybridized carbons (Fsp3) is 0.308. The maximum Gasteiger partial charge on any atom is 0.120 e. The van der Waals surface area contributed by atoms with Crippen LogP contribution in [0, 0.1) is 6.92 Å². The van der Waals surface area contributed by atoms with Crippen LogP contribution in [0.1, 0.15) is 42.0 Å². The molecule has 0 saturated carbocycles. The second-order valence-corrected chi connectivity index (χ2v) is 7.68. The first-order chi connectivity index (χ1) is 13.7. The van der Waals surface area contributed by atoms with E-state index in [0.29, 0.717) is 6.61 Å². The van der Waals surface area contributed by atoms with Gasteiger partial charge in [0.2, 0.25) is 0 Å². The summed E-state index contributed by atoms with van der Waals surface area (Å²) in [6, 6.07) is 24.0. The summed E-state index contributed by atoms with van der Waals surface area (Å²) in [4.78, 5) is 2.44. The van der Waals surface area contributed by atoms with Crippen molar-refractivity contribution in [2.75, 3.05) is 11.4 Å². The van der Waals surface area contributed by atoms with Gasteiger partial charge in [-0.1, -0.05) is 49.7 Å². The monoisotopic (exact) mass is 371 g/mol. The van der Waals surface area contributed by atoms with Gasteiger partial charge in [-0.05, 0) is 78.8 Å². The van der Waals surface area contributed by atoms with E-state index in [2.05, 4.69) is 85.5 Å². The first kappa shape index (κ1) is 18.6. The van der Waals surface area contributed by atoms with E-state index in [9.17, 15) is 0 Å². The summed E-state index contributed by atoms with van der Waals surface area (Å²) in [6.07, 6.45) is 4.65. The van der Waals surface area contributed by atoms with Crippen molar-refractivity contribution in [2.24, 2.45) is 0 Å². The maximum absolute atomic E-state index is 6.12. The van der Waals surface area contributed by atoms with E-state index in [1.165, 1.54) is 46.5 Å². The molecule has 0 fully saturated rings. The lowest BCUT2D eigenvalue weighted by Gasteiger charge is -2.32. The van der Waals surface area contributed by atoms with E-state index >= 15 is 0 Å². The molecule has 3 aromatic carbocycles. The summed E-state index contributed by atoms with van der Waals surface area (Å²) in [5, 5.41) is 0. The zero-order chi connectivity index (χ0) is 19.3. The fourth-order valence-electron chi connectivity index (χ4n) is 4.06. The van der Waals surface area contributed by atoms with E-state index in [0.717, 1.165) is 25.1 Å². The molecule has 0 N–H and O–H groups in total. The average molecular weight is 372 g/mol. The number of para-hydroxylation sites is 1. The molecule has 0 unspecified atom stereocenters. The third-order valence-electron chi connectivity index (χ3n) is 5.58. The lowest BCUT2D eigenvalue weighted by Crippen LogP contribution is -2.24. The van der Waals surface area contributed by atoms with Crippen molar-refractivity contribution >= 4 is 11.4 Å². The zero-order valence-electron chi connectivity index (χ0n) is 16.9. The third kappa shape index (κ3) is 4.06. The van der Waals surface area contributed by atoms with E-state index in [1.807, 2.05) is 0 Å². The molecule has 2 heteroatoms. The van der Waals surface area contributed by atoms with Crippen LogP contribution in [0.25, 0.3) is 0 Å².